The minimum atomic E-state index is 0.652. The highest BCUT2D eigenvalue weighted by molar-refractivity contribution is 5.87. The predicted octanol–water partition coefficient (Wildman–Crippen LogP) is 3.91. The van der Waals surface area contributed by atoms with E-state index in [2.05, 4.69) is 43.3 Å². The Morgan fingerprint density at radius 3 is 2.68 bits per heavy atom. The van der Waals surface area contributed by atoms with Gasteiger partial charge in [-0.2, -0.15) is 0 Å². The number of ether oxygens (including phenoxy) is 1. The first-order valence-electron chi connectivity index (χ1n) is 7.20. The van der Waals surface area contributed by atoms with Gasteiger partial charge in [0.2, 0.25) is 0 Å². The third kappa shape index (κ3) is 3.48. The lowest BCUT2D eigenvalue weighted by molar-refractivity contribution is 0.304. The second-order valence-corrected chi connectivity index (χ2v) is 4.86. The molecule has 102 valence electrons. The molecule has 0 bridgehead atoms. The molecule has 2 rings (SSSR count). The fourth-order valence-electron chi connectivity index (χ4n) is 2.39. The summed E-state index contributed by atoms with van der Waals surface area (Å²) in [6, 6.07) is 12.6. The summed E-state index contributed by atoms with van der Waals surface area (Å²) in [5, 5.41) is 2.52. The summed E-state index contributed by atoms with van der Waals surface area (Å²) in [5.74, 6) is 1.00. The molecule has 0 saturated heterocycles. The standard InChI is InChI=1S/C17H23NO/c1-2-3-6-13-19-17-10-9-14-7-4-5-8-15(14)16(17)11-12-18/h4-5,7-10H,2-3,6,11-13,18H2,1H3. The first kappa shape index (κ1) is 13.9. The van der Waals surface area contributed by atoms with E-state index in [-0.39, 0.29) is 0 Å². The number of benzene rings is 2. The second kappa shape index (κ2) is 7.15. The molecule has 2 aromatic carbocycles. The number of unbranched alkanes of at least 4 members (excludes halogenated alkanes) is 2. The van der Waals surface area contributed by atoms with E-state index in [1.807, 2.05) is 0 Å². The van der Waals surface area contributed by atoms with Crippen LogP contribution in [0.3, 0.4) is 0 Å². The number of nitrogens with two attached hydrogens (primary N) is 1. The van der Waals surface area contributed by atoms with Gasteiger partial charge in [-0.25, -0.2) is 0 Å². The van der Waals surface area contributed by atoms with Gasteiger partial charge < -0.3 is 10.5 Å². The van der Waals surface area contributed by atoms with Crippen molar-refractivity contribution >= 4 is 10.8 Å². The van der Waals surface area contributed by atoms with Crippen LogP contribution in [0.1, 0.15) is 31.7 Å². The van der Waals surface area contributed by atoms with Crippen LogP contribution in [0.15, 0.2) is 36.4 Å². The zero-order chi connectivity index (χ0) is 13.5. The van der Waals surface area contributed by atoms with Crippen molar-refractivity contribution in [2.45, 2.75) is 32.6 Å². The largest absolute Gasteiger partial charge is 0.493 e. The van der Waals surface area contributed by atoms with Gasteiger partial charge in [-0.15, -0.1) is 0 Å². The number of rotatable bonds is 7. The van der Waals surface area contributed by atoms with Gasteiger partial charge in [0, 0.05) is 5.56 Å². The topological polar surface area (TPSA) is 35.2 Å². The maximum Gasteiger partial charge on any atom is 0.123 e. The lowest BCUT2D eigenvalue weighted by Crippen LogP contribution is -2.06. The first-order chi connectivity index (χ1) is 9.36. The van der Waals surface area contributed by atoms with Crippen LogP contribution < -0.4 is 10.5 Å². The number of fused-ring (bicyclic) bond motifs is 1. The Hall–Kier alpha value is -1.54. The number of hydrogen-bond donors (Lipinski definition) is 1. The SMILES string of the molecule is CCCCCOc1ccc2ccccc2c1CCN. The van der Waals surface area contributed by atoms with Crippen LogP contribution in [0.5, 0.6) is 5.75 Å². The molecule has 2 aromatic rings. The predicted molar refractivity (Wildman–Crippen MR) is 81.7 cm³/mol. The van der Waals surface area contributed by atoms with Gasteiger partial charge in [0.1, 0.15) is 5.75 Å². The van der Waals surface area contributed by atoms with Crippen LogP contribution in [0.2, 0.25) is 0 Å². The highest BCUT2D eigenvalue weighted by Gasteiger charge is 2.07. The zero-order valence-electron chi connectivity index (χ0n) is 11.7. The average molecular weight is 257 g/mol. The van der Waals surface area contributed by atoms with Crippen LogP contribution in [-0.2, 0) is 6.42 Å². The smallest absolute Gasteiger partial charge is 0.123 e. The Bertz CT molecular complexity index is 522. The Balaban J connectivity index is 2.24. The molecule has 19 heavy (non-hydrogen) atoms. The molecule has 0 saturated carbocycles. The minimum absolute atomic E-state index is 0.652. The molecule has 2 heteroatoms. The first-order valence-corrected chi connectivity index (χ1v) is 7.20. The minimum Gasteiger partial charge on any atom is -0.493 e. The van der Waals surface area contributed by atoms with E-state index in [4.69, 9.17) is 10.5 Å². The highest BCUT2D eigenvalue weighted by atomic mass is 16.5. The van der Waals surface area contributed by atoms with Crippen molar-refractivity contribution in [2.24, 2.45) is 5.73 Å². The van der Waals surface area contributed by atoms with E-state index in [9.17, 15) is 0 Å². The summed E-state index contributed by atoms with van der Waals surface area (Å²) in [6.45, 7) is 3.65. The lowest BCUT2D eigenvalue weighted by atomic mass is 10.0. The Kier molecular flexibility index (Phi) is 5.22. The van der Waals surface area contributed by atoms with Crippen molar-refractivity contribution in [2.75, 3.05) is 13.2 Å². The Morgan fingerprint density at radius 2 is 1.89 bits per heavy atom. The zero-order valence-corrected chi connectivity index (χ0v) is 11.7. The summed E-state index contributed by atoms with van der Waals surface area (Å²) >= 11 is 0. The van der Waals surface area contributed by atoms with Gasteiger partial charge in [0.25, 0.3) is 0 Å². The van der Waals surface area contributed by atoms with Crippen LogP contribution in [0.4, 0.5) is 0 Å². The fourth-order valence-corrected chi connectivity index (χ4v) is 2.39. The van der Waals surface area contributed by atoms with Gasteiger partial charge in [-0.3, -0.25) is 0 Å². The van der Waals surface area contributed by atoms with Gasteiger partial charge in [-0.1, -0.05) is 50.1 Å². The van der Waals surface area contributed by atoms with Crippen LogP contribution >= 0.6 is 0 Å². The highest BCUT2D eigenvalue weighted by Crippen LogP contribution is 2.28. The van der Waals surface area contributed by atoms with Gasteiger partial charge in [0.05, 0.1) is 6.61 Å². The quantitative estimate of drug-likeness (QED) is 0.763. The number of hydrogen-bond acceptors (Lipinski definition) is 2. The van der Waals surface area contributed by atoms with Crippen LogP contribution in [0.25, 0.3) is 10.8 Å². The monoisotopic (exact) mass is 257 g/mol. The van der Waals surface area contributed by atoms with E-state index in [0.29, 0.717) is 6.54 Å². The summed E-state index contributed by atoms with van der Waals surface area (Å²) in [7, 11) is 0. The van der Waals surface area contributed by atoms with Crippen LogP contribution in [0, 0.1) is 0 Å². The molecule has 2 N–H and O–H groups in total. The molecule has 0 atom stereocenters. The fraction of sp³-hybridized carbons (Fsp3) is 0.412. The van der Waals surface area contributed by atoms with Crippen molar-refractivity contribution in [1.29, 1.82) is 0 Å². The van der Waals surface area contributed by atoms with Crippen LogP contribution in [-0.4, -0.2) is 13.2 Å². The maximum atomic E-state index is 5.94. The molecule has 0 heterocycles. The van der Waals surface area contributed by atoms with Crippen molar-refractivity contribution in [1.82, 2.24) is 0 Å². The third-order valence-electron chi connectivity index (χ3n) is 3.40. The maximum absolute atomic E-state index is 5.94. The summed E-state index contributed by atoms with van der Waals surface area (Å²) < 4.78 is 5.94. The van der Waals surface area contributed by atoms with Crippen molar-refractivity contribution in [3.63, 3.8) is 0 Å². The average Bonchev–Trinajstić information content (AvgIpc) is 2.45. The molecule has 0 unspecified atom stereocenters. The summed E-state index contributed by atoms with van der Waals surface area (Å²) in [5.41, 5.74) is 6.99. The molecular weight excluding hydrogens is 234 g/mol. The third-order valence-corrected chi connectivity index (χ3v) is 3.40. The van der Waals surface area contributed by atoms with E-state index < -0.39 is 0 Å². The van der Waals surface area contributed by atoms with E-state index in [1.165, 1.54) is 29.2 Å². The molecule has 2 nitrogen and oxygen atoms in total. The Labute approximate surface area is 115 Å². The molecule has 0 aromatic heterocycles. The van der Waals surface area contributed by atoms with E-state index in [1.54, 1.807) is 0 Å². The van der Waals surface area contributed by atoms with Crippen molar-refractivity contribution < 1.29 is 4.74 Å². The molecule has 0 fully saturated rings. The normalized spacial score (nSPS) is 10.8. The molecule has 0 aliphatic carbocycles. The molecule has 0 spiro atoms. The van der Waals surface area contributed by atoms with Gasteiger partial charge >= 0.3 is 0 Å². The lowest BCUT2D eigenvalue weighted by Gasteiger charge is -2.13. The molecule has 0 aliphatic heterocycles. The second-order valence-electron chi connectivity index (χ2n) is 4.86. The summed E-state index contributed by atoms with van der Waals surface area (Å²) in [4.78, 5) is 0. The molecule has 0 amide bonds. The molecular formula is C17H23NO. The van der Waals surface area contributed by atoms with Crippen molar-refractivity contribution in [3.05, 3.63) is 42.0 Å². The van der Waals surface area contributed by atoms with Gasteiger partial charge in [0.15, 0.2) is 0 Å². The summed E-state index contributed by atoms with van der Waals surface area (Å²) in [6.07, 6.45) is 4.42. The van der Waals surface area contributed by atoms with E-state index in [0.717, 1.165) is 25.2 Å². The van der Waals surface area contributed by atoms with Gasteiger partial charge in [-0.05, 0) is 36.2 Å². The molecule has 0 radical (unpaired) electrons. The molecule has 0 aliphatic rings. The Morgan fingerprint density at radius 1 is 1.05 bits per heavy atom. The van der Waals surface area contributed by atoms with E-state index >= 15 is 0 Å². The van der Waals surface area contributed by atoms with Crippen molar-refractivity contribution in [3.8, 4) is 5.75 Å².